The van der Waals surface area contributed by atoms with Gasteiger partial charge in [-0.25, -0.2) is 0 Å². The topological polar surface area (TPSA) is 0 Å². The first-order valence-electron chi connectivity index (χ1n) is 13.2. The molecule has 6 rings (SSSR count). The van der Waals surface area contributed by atoms with Crippen LogP contribution >= 0.6 is 0 Å². The minimum atomic E-state index is -2.58. The third-order valence-electron chi connectivity index (χ3n) is 7.88. The smallest absolute Gasteiger partial charge is 1.00 e. The first-order chi connectivity index (χ1) is 17.8. The molecule has 190 valence electrons. The quantitative estimate of drug-likeness (QED) is 0.314. The largest absolute Gasteiger partial charge is 1.00 e. The average molecular weight is 615 g/mol. The molecule has 2 aliphatic carbocycles. The Morgan fingerprint density at radius 2 is 1.11 bits per heavy atom. The summed E-state index contributed by atoms with van der Waals surface area (Å²) >= 11 is -2.58. The van der Waals surface area contributed by atoms with E-state index in [9.17, 15) is 0 Å². The van der Waals surface area contributed by atoms with Gasteiger partial charge in [-0.05, 0) is 0 Å². The van der Waals surface area contributed by atoms with Gasteiger partial charge in [0.25, 0.3) is 0 Å². The standard InChI is InChI=1S/C13H9.C13H10.C9H13.2ClH.Zr/c1-3-7-12-10(5-1)9-11-6-2-4-8-13(11)12;1-3-7-12(8-4-1)11-13-9-5-2-6-10-13;1-3-8-6-5-7-9(8)4-2;;;/h1-9H;1-10H;6H,3-4,7H2,1-2H3;2*1H;/q;;;;;+2/p-2. The van der Waals surface area contributed by atoms with Crippen LogP contribution in [0.4, 0.5) is 0 Å². The Kier molecular flexibility index (Phi) is 9.59. The van der Waals surface area contributed by atoms with Crippen LogP contribution in [0.3, 0.4) is 0 Å². The molecule has 4 aromatic rings. The van der Waals surface area contributed by atoms with Crippen LogP contribution in [0.2, 0.25) is 0 Å². The zero-order chi connectivity index (χ0) is 24.5. The third-order valence-corrected chi connectivity index (χ3v) is 16.1. The van der Waals surface area contributed by atoms with Gasteiger partial charge in [-0.15, -0.1) is 0 Å². The summed E-state index contributed by atoms with van der Waals surface area (Å²) in [6.07, 6.45) is 6.10. The zero-order valence-corrected chi connectivity index (χ0v) is 25.9. The maximum atomic E-state index is 2.64. The van der Waals surface area contributed by atoms with Crippen molar-refractivity contribution in [2.45, 2.75) is 36.7 Å². The fourth-order valence-corrected chi connectivity index (χ4v) is 15.6. The van der Waals surface area contributed by atoms with Crippen molar-refractivity contribution in [1.29, 1.82) is 0 Å². The van der Waals surface area contributed by atoms with E-state index in [1.54, 1.807) is 28.8 Å². The van der Waals surface area contributed by atoms with Crippen molar-refractivity contribution >= 4 is 3.21 Å². The minimum absolute atomic E-state index is 0. The van der Waals surface area contributed by atoms with Gasteiger partial charge in [-0.2, -0.15) is 0 Å². The summed E-state index contributed by atoms with van der Waals surface area (Å²) in [4.78, 5) is 0. The Hall–Kier alpha value is -2.31. The molecule has 0 fully saturated rings. The predicted molar refractivity (Wildman–Crippen MR) is 150 cm³/mol. The van der Waals surface area contributed by atoms with E-state index in [0.717, 1.165) is 12.8 Å². The fourth-order valence-electron chi connectivity index (χ4n) is 6.23. The van der Waals surface area contributed by atoms with Crippen molar-refractivity contribution in [2.24, 2.45) is 0 Å². The number of hydrogen-bond donors (Lipinski definition) is 0. The van der Waals surface area contributed by atoms with Crippen molar-refractivity contribution in [3.8, 4) is 11.1 Å². The van der Waals surface area contributed by atoms with E-state index < -0.39 is 21.3 Å². The van der Waals surface area contributed by atoms with E-state index >= 15 is 0 Å². The van der Waals surface area contributed by atoms with Gasteiger partial charge in [0.15, 0.2) is 0 Å². The van der Waals surface area contributed by atoms with Crippen molar-refractivity contribution < 1.29 is 46.1 Å². The predicted octanol–water partition coefficient (Wildman–Crippen LogP) is 3.06. The molecule has 0 heterocycles. The number of fused-ring (bicyclic) bond motifs is 3. The van der Waals surface area contributed by atoms with Crippen LogP contribution in [0.15, 0.2) is 130 Å². The normalized spacial score (nSPS) is 13.4. The first kappa shape index (κ1) is 28.7. The average Bonchev–Trinajstić information content (AvgIpc) is 3.52. The maximum absolute atomic E-state index is 2.64. The molecule has 4 aromatic carbocycles. The molecular weight excluding hydrogens is 583 g/mol. The van der Waals surface area contributed by atoms with Gasteiger partial charge in [0.2, 0.25) is 0 Å². The van der Waals surface area contributed by atoms with Crippen molar-refractivity contribution in [1.82, 2.24) is 0 Å². The molecule has 0 amide bonds. The van der Waals surface area contributed by atoms with E-state index in [-0.39, 0.29) is 24.8 Å². The van der Waals surface area contributed by atoms with Crippen LogP contribution < -0.4 is 24.8 Å². The van der Waals surface area contributed by atoms with Gasteiger partial charge in [-0.1, -0.05) is 0 Å². The van der Waals surface area contributed by atoms with E-state index in [1.807, 2.05) is 0 Å². The second kappa shape index (κ2) is 12.7. The molecule has 0 atom stereocenters. The molecule has 2 aliphatic rings. The van der Waals surface area contributed by atoms with Crippen LogP contribution in [0, 0.1) is 0 Å². The summed E-state index contributed by atoms with van der Waals surface area (Å²) < 4.78 is 3.87. The molecule has 0 nitrogen and oxygen atoms in total. The molecule has 0 aliphatic heterocycles. The summed E-state index contributed by atoms with van der Waals surface area (Å²) in [5.74, 6) is 0. The number of rotatable bonds is 6. The molecule has 0 saturated carbocycles. The SMILES string of the molecule is CCC1=C(CC)C[C]([Zr+2](=[C](c2ccccc2)c2ccccc2)[CH]2c3ccccc3-c3ccccc32)=C1.[Cl-].[Cl-]. The molecule has 0 unspecified atom stereocenters. The molecule has 0 aromatic heterocycles. The van der Waals surface area contributed by atoms with Gasteiger partial charge in [-0.3, -0.25) is 0 Å². The van der Waals surface area contributed by atoms with Crippen molar-refractivity contribution in [3.05, 3.63) is 152 Å². The Morgan fingerprint density at radius 3 is 1.55 bits per heavy atom. The second-order valence-corrected chi connectivity index (χ2v) is 16.1. The fraction of sp³-hybridized carbons (Fsp3) is 0.171. The number of halogens is 2. The van der Waals surface area contributed by atoms with Crippen LogP contribution in [0.25, 0.3) is 11.1 Å². The van der Waals surface area contributed by atoms with Gasteiger partial charge in [0, 0.05) is 0 Å². The van der Waals surface area contributed by atoms with Gasteiger partial charge < -0.3 is 24.8 Å². The molecule has 3 heteroatoms. The van der Waals surface area contributed by atoms with E-state index in [1.165, 1.54) is 28.7 Å². The van der Waals surface area contributed by atoms with Gasteiger partial charge in [0.05, 0.1) is 0 Å². The Morgan fingerprint density at radius 1 is 0.632 bits per heavy atom. The molecule has 0 saturated heterocycles. The van der Waals surface area contributed by atoms with Crippen LogP contribution in [0.1, 0.15) is 59.0 Å². The van der Waals surface area contributed by atoms with Crippen LogP contribution in [-0.2, 0) is 21.3 Å². The number of benzene rings is 4. The number of allylic oxidation sites excluding steroid dienone is 4. The summed E-state index contributed by atoms with van der Waals surface area (Å²) in [7, 11) is 0. The van der Waals surface area contributed by atoms with E-state index in [2.05, 4.69) is 129 Å². The minimum Gasteiger partial charge on any atom is -1.00 e. The maximum Gasteiger partial charge on any atom is -1.00 e. The Labute approximate surface area is 247 Å². The van der Waals surface area contributed by atoms with Crippen LogP contribution in [-0.4, -0.2) is 3.21 Å². The van der Waals surface area contributed by atoms with Crippen LogP contribution in [0.5, 0.6) is 0 Å². The Balaban J connectivity index is 0.00000168. The second-order valence-electron chi connectivity index (χ2n) is 9.81. The third kappa shape index (κ3) is 5.14. The number of hydrogen-bond acceptors (Lipinski definition) is 0. The molecular formula is C35H32Cl2Zr. The monoisotopic (exact) mass is 612 g/mol. The van der Waals surface area contributed by atoms with Crippen molar-refractivity contribution in [2.75, 3.05) is 0 Å². The summed E-state index contributed by atoms with van der Waals surface area (Å²) in [5, 5.41) is 0. The molecule has 0 bridgehead atoms. The first-order valence-corrected chi connectivity index (χ1v) is 17.1. The Bertz CT molecular complexity index is 1430. The molecule has 0 N–H and O–H groups in total. The molecule has 0 spiro atoms. The molecule has 38 heavy (non-hydrogen) atoms. The van der Waals surface area contributed by atoms with Gasteiger partial charge >= 0.3 is 224 Å². The summed E-state index contributed by atoms with van der Waals surface area (Å²) in [5.41, 5.74) is 12.0. The molecule has 0 radical (unpaired) electrons. The summed E-state index contributed by atoms with van der Waals surface area (Å²) in [6.45, 7) is 4.66. The summed E-state index contributed by atoms with van der Waals surface area (Å²) in [6, 6.07) is 41.0. The van der Waals surface area contributed by atoms with E-state index in [4.69, 9.17) is 0 Å². The zero-order valence-electron chi connectivity index (χ0n) is 21.9. The van der Waals surface area contributed by atoms with Crippen molar-refractivity contribution in [3.63, 3.8) is 0 Å². The van der Waals surface area contributed by atoms with E-state index in [0.29, 0.717) is 3.63 Å². The van der Waals surface area contributed by atoms with Gasteiger partial charge in [0.1, 0.15) is 0 Å².